The number of hydrazine groups is 1. The van der Waals surface area contributed by atoms with E-state index in [0.717, 1.165) is 32.1 Å². The summed E-state index contributed by atoms with van der Waals surface area (Å²) in [6.07, 6.45) is 5.72. The minimum Gasteiger partial charge on any atom is -0.481 e. The maximum Gasteiger partial charge on any atom is 0.320 e. The molecule has 5 rings (SSSR count). The van der Waals surface area contributed by atoms with Crippen LogP contribution in [0.2, 0.25) is 0 Å². The second-order valence-electron chi connectivity index (χ2n) is 9.96. The summed E-state index contributed by atoms with van der Waals surface area (Å²) >= 11 is 0. The molecule has 4 aliphatic rings. The lowest BCUT2D eigenvalue weighted by atomic mass is 9.81. The van der Waals surface area contributed by atoms with Gasteiger partial charge in [-0.25, -0.2) is 10.2 Å². The molecule has 0 saturated carbocycles. The first-order valence-corrected chi connectivity index (χ1v) is 12.7. The zero-order valence-corrected chi connectivity index (χ0v) is 20.7. The quantitative estimate of drug-likeness (QED) is 0.444. The van der Waals surface area contributed by atoms with Crippen molar-refractivity contribution < 1.29 is 19.4 Å². The molecule has 4 fully saturated rings. The second kappa shape index (κ2) is 10.7. The van der Waals surface area contributed by atoms with Gasteiger partial charge in [0.25, 0.3) is 0 Å². The van der Waals surface area contributed by atoms with Gasteiger partial charge < -0.3 is 34.6 Å². The number of hydrogen-bond acceptors (Lipinski definition) is 10. The third kappa shape index (κ3) is 5.25. The van der Waals surface area contributed by atoms with E-state index in [9.17, 15) is 9.90 Å². The minimum absolute atomic E-state index is 0.00291. The topological polar surface area (TPSA) is 127 Å². The average Bonchev–Trinajstić information content (AvgIpc) is 3.34. The number of amides is 2. The summed E-state index contributed by atoms with van der Waals surface area (Å²) in [7, 11) is 3.64. The number of morpholine rings is 1. The van der Waals surface area contributed by atoms with Crippen LogP contribution in [-0.4, -0.2) is 108 Å². The number of aliphatic hydroxyl groups excluding tert-OH is 1. The van der Waals surface area contributed by atoms with E-state index in [1.807, 2.05) is 11.9 Å². The zero-order chi connectivity index (χ0) is 24.4. The molecular weight excluding hydrogens is 452 g/mol. The third-order valence-electron chi connectivity index (χ3n) is 7.74. The highest BCUT2D eigenvalue weighted by Gasteiger charge is 2.44. The number of carbonyl (C=O) groups excluding carboxylic acids is 1. The Bertz CT molecular complexity index is 871. The molecule has 0 radical (unpaired) electrons. The van der Waals surface area contributed by atoms with E-state index in [4.69, 9.17) is 14.5 Å². The van der Waals surface area contributed by atoms with Gasteiger partial charge in [-0.15, -0.1) is 0 Å². The molecule has 12 heteroatoms. The highest BCUT2D eigenvalue weighted by atomic mass is 16.5. The van der Waals surface area contributed by atoms with Gasteiger partial charge in [0.15, 0.2) is 0 Å². The number of aromatic nitrogens is 2. The fraction of sp³-hybridized carbons (Fsp3) is 0.783. The van der Waals surface area contributed by atoms with Gasteiger partial charge in [0, 0.05) is 56.8 Å². The Kier molecular flexibility index (Phi) is 7.42. The number of hydrogen-bond donors (Lipinski definition) is 4. The van der Waals surface area contributed by atoms with Crippen molar-refractivity contribution in [2.45, 2.75) is 68.9 Å². The monoisotopic (exact) mass is 490 g/mol. The van der Waals surface area contributed by atoms with Gasteiger partial charge in [-0.05, 0) is 32.1 Å². The van der Waals surface area contributed by atoms with E-state index in [-0.39, 0.29) is 43.0 Å². The summed E-state index contributed by atoms with van der Waals surface area (Å²) in [5, 5.41) is 12.7. The summed E-state index contributed by atoms with van der Waals surface area (Å²) in [6.45, 7) is 2.67. The van der Waals surface area contributed by atoms with Crippen LogP contribution in [0.15, 0.2) is 6.07 Å². The predicted molar refractivity (Wildman–Crippen MR) is 130 cm³/mol. The molecule has 4 N–H and O–H groups in total. The fourth-order valence-corrected chi connectivity index (χ4v) is 5.83. The van der Waals surface area contributed by atoms with Crippen LogP contribution in [0, 0.1) is 0 Å². The Morgan fingerprint density at radius 2 is 1.97 bits per heavy atom. The van der Waals surface area contributed by atoms with E-state index >= 15 is 0 Å². The number of urea groups is 1. The number of methoxy groups -OCH3 is 1. The van der Waals surface area contributed by atoms with Crippen LogP contribution < -0.4 is 25.8 Å². The van der Waals surface area contributed by atoms with Crippen LogP contribution in [0.5, 0.6) is 5.88 Å². The molecule has 4 aliphatic heterocycles. The van der Waals surface area contributed by atoms with E-state index in [1.54, 1.807) is 13.2 Å². The minimum atomic E-state index is -0.0568. The van der Waals surface area contributed by atoms with Crippen LogP contribution in [0.1, 0.15) is 38.5 Å². The number of aliphatic hydroxyl groups is 1. The third-order valence-corrected chi connectivity index (χ3v) is 7.74. The number of anilines is 2. The average molecular weight is 491 g/mol. The van der Waals surface area contributed by atoms with Crippen LogP contribution >= 0.6 is 0 Å². The first-order chi connectivity index (χ1) is 17.1. The molecule has 0 aromatic carbocycles. The fourth-order valence-electron chi connectivity index (χ4n) is 5.83. The van der Waals surface area contributed by atoms with E-state index < -0.39 is 0 Å². The molecule has 2 amide bonds. The van der Waals surface area contributed by atoms with Crippen LogP contribution in [0.3, 0.4) is 0 Å². The maximum absolute atomic E-state index is 13.4. The molecule has 194 valence electrons. The highest BCUT2D eigenvalue weighted by molar-refractivity contribution is 5.75. The van der Waals surface area contributed by atoms with Gasteiger partial charge in [0.05, 0.1) is 33.1 Å². The Morgan fingerprint density at radius 1 is 1.23 bits per heavy atom. The molecule has 2 bridgehead atoms. The number of nitrogens with one attached hydrogen (secondary N) is 3. The Labute approximate surface area is 206 Å². The molecule has 3 unspecified atom stereocenters. The van der Waals surface area contributed by atoms with E-state index in [1.165, 1.54) is 6.42 Å². The number of carbonyl (C=O) groups is 1. The Balaban J connectivity index is 1.29. The Hall–Kier alpha value is -2.41. The standard InChI is InChI=1S/C23H38N8O4/c1-29(22-25-19(13-21(26-22)34-2)24-20-10-15(14-32)27-28-20)18-11-16-4-3-5-17(12-18)31(16)23(33)30-6-8-35-9-7-30/h13,15-18,20,27-28,32H,3-12,14H2,1-2H3,(H,24,25,26)/t15?,16-,17+,18?,20?. The summed E-state index contributed by atoms with van der Waals surface area (Å²) in [4.78, 5) is 29.0. The van der Waals surface area contributed by atoms with Crippen molar-refractivity contribution >= 4 is 17.8 Å². The molecule has 35 heavy (non-hydrogen) atoms. The van der Waals surface area contributed by atoms with Crippen LogP contribution in [0.4, 0.5) is 16.6 Å². The van der Waals surface area contributed by atoms with Crippen molar-refractivity contribution in [3.8, 4) is 5.88 Å². The molecule has 4 saturated heterocycles. The molecular formula is C23H38N8O4. The molecule has 5 atom stereocenters. The summed E-state index contributed by atoms with van der Waals surface area (Å²) < 4.78 is 10.9. The smallest absolute Gasteiger partial charge is 0.320 e. The van der Waals surface area contributed by atoms with E-state index in [0.29, 0.717) is 43.9 Å². The summed E-state index contributed by atoms with van der Waals surface area (Å²) in [5.74, 6) is 1.76. The highest BCUT2D eigenvalue weighted by Crippen LogP contribution is 2.37. The van der Waals surface area contributed by atoms with Crippen molar-refractivity contribution in [1.82, 2.24) is 30.6 Å². The lowest BCUT2D eigenvalue weighted by Crippen LogP contribution is -2.62. The van der Waals surface area contributed by atoms with Gasteiger partial charge in [-0.1, -0.05) is 0 Å². The van der Waals surface area contributed by atoms with Crippen LogP contribution in [0.25, 0.3) is 0 Å². The molecule has 12 nitrogen and oxygen atoms in total. The second-order valence-corrected chi connectivity index (χ2v) is 9.96. The normalized spacial score (nSPS) is 30.8. The first-order valence-electron chi connectivity index (χ1n) is 12.7. The lowest BCUT2D eigenvalue weighted by Gasteiger charge is -2.51. The number of rotatable bonds is 6. The molecule has 5 heterocycles. The largest absolute Gasteiger partial charge is 0.481 e. The van der Waals surface area contributed by atoms with Crippen molar-refractivity contribution in [3.05, 3.63) is 6.07 Å². The first kappa shape index (κ1) is 24.3. The van der Waals surface area contributed by atoms with Gasteiger partial charge in [-0.3, -0.25) is 5.43 Å². The molecule has 1 aromatic rings. The molecule has 0 spiro atoms. The molecule has 0 aliphatic carbocycles. The number of piperidine rings is 2. The molecule has 1 aromatic heterocycles. The van der Waals surface area contributed by atoms with Gasteiger partial charge in [0.1, 0.15) is 5.82 Å². The van der Waals surface area contributed by atoms with Gasteiger partial charge >= 0.3 is 6.03 Å². The Morgan fingerprint density at radius 3 is 2.63 bits per heavy atom. The summed E-state index contributed by atoms with van der Waals surface area (Å²) in [6, 6.07) is 2.67. The van der Waals surface area contributed by atoms with E-state index in [2.05, 4.69) is 31.0 Å². The van der Waals surface area contributed by atoms with Crippen molar-refractivity contribution in [1.29, 1.82) is 0 Å². The van der Waals surface area contributed by atoms with Crippen molar-refractivity contribution in [2.24, 2.45) is 0 Å². The van der Waals surface area contributed by atoms with Crippen LogP contribution in [-0.2, 0) is 4.74 Å². The number of fused-ring (bicyclic) bond motifs is 2. The maximum atomic E-state index is 13.4. The lowest BCUT2D eigenvalue weighted by molar-refractivity contribution is 0.0105. The number of ether oxygens (including phenoxy) is 2. The SMILES string of the molecule is COc1cc(NC2CC(CO)NN2)nc(N(C)C2C[C@H]3CCC[C@@H](C2)N3C(=O)N2CCOCC2)n1. The predicted octanol–water partition coefficient (Wildman–Crippen LogP) is 0.356. The van der Waals surface area contributed by atoms with Gasteiger partial charge in [0.2, 0.25) is 11.8 Å². The zero-order valence-electron chi connectivity index (χ0n) is 20.7. The number of nitrogens with zero attached hydrogens (tertiary/aromatic N) is 5. The van der Waals surface area contributed by atoms with Crippen molar-refractivity contribution in [3.63, 3.8) is 0 Å². The van der Waals surface area contributed by atoms with Gasteiger partial charge in [-0.2, -0.15) is 9.97 Å². The summed E-state index contributed by atoms with van der Waals surface area (Å²) in [5.41, 5.74) is 6.20. The van der Waals surface area contributed by atoms with Crippen molar-refractivity contribution in [2.75, 3.05) is 57.3 Å².